The van der Waals surface area contributed by atoms with Gasteiger partial charge in [-0.3, -0.25) is 19.7 Å². The summed E-state index contributed by atoms with van der Waals surface area (Å²) in [5.74, 6) is -1.16. The van der Waals surface area contributed by atoms with Crippen molar-refractivity contribution in [1.82, 2.24) is 5.32 Å². The number of nitrogens with zero attached hydrogens (tertiary/aromatic N) is 1. The number of carbonyl (C=O) groups excluding carboxylic acids is 2. The number of nitrogens with one attached hydrogen (secondary N) is 2. The molecule has 1 amide bonds. The molecule has 1 fully saturated rings. The van der Waals surface area contributed by atoms with Crippen molar-refractivity contribution in [2.24, 2.45) is 0 Å². The minimum atomic E-state index is -0.593. The molecule has 0 spiro atoms. The van der Waals surface area contributed by atoms with Gasteiger partial charge in [-0.05, 0) is 25.0 Å². The number of nitro benzene ring substituents is 1. The Balaban J connectivity index is 2.12. The van der Waals surface area contributed by atoms with Crippen LogP contribution in [0.1, 0.15) is 23.2 Å². The van der Waals surface area contributed by atoms with Crippen molar-refractivity contribution >= 4 is 23.3 Å². The first-order chi connectivity index (χ1) is 10.0. The number of hydrogen-bond donors (Lipinski definition) is 2. The van der Waals surface area contributed by atoms with Crippen molar-refractivity contribution in [2.45, 2.75) is 18.9 Å². The Labute approximate surface area is 120 Å². The summed E-state index contributed by atoms with van der Waals surface area (Å²) >= 11 is 0. The van der Waals surface area contributed by atoms with Crippen LogP contribution in [0.3, 0.4) is 0 Å². The monoisotopic (exact) mass is 293 g/mol. The SMILES string of the molecule is COC(=O)CNC(=O)c1ccc(NC2CC2)c([N+](=O)[O-])c1. The van der Waals surface area contributed by atoms with Crippen LogP contribution in [0.15, 0.2) is 18.2 Å². The van der Waals surface area contributed by atoms with Crippen molar-refractivity contribution in [3.63, 3.8) is 0 Å². The fraction of sp³-hybridized carbons (Fsp3) is 0.385. The van der Waals surface area contributed by atoms with Crippen LogP contribution in [-0.4, -0.2) is 36.5 Å². The van der Waals surface area contributed by atoms with E-state index in [1.807, 2.05) is 0 Å². The fourth-order valence-electron chi connectivity index (χ4n) is 1.72. The zero-order chi connectivity index (χ0) is 15.4. The largest absolute Gasteiger partial charge is 0.468 e. The molecule has 112 valence electrons. The van der Waals surface area contributed by atoms with Crippen molar-refractivity contribution in [1.29, 1.82) is 0 Å². The first-order valence-electron chi connectivity index (χ1n) is 6.41. The van der Waals surface area contributed by atoms with E-state index in [1.54, 1.807) is 0 Å². The molecule has 0 saturated heterocycles. The minimum absolute atomic E-state index is 0.118. The molecule has 0 heterocycles. The van der Waals surface area contributed by atoms with E-state index < -0.39 is 16.8 Å². The maximum atomic E-state index is 11.8. The maximum absolute atomic E-state index is 11.8. The molecule has 1 saturated carbocycles. The van der Waals surface area contributed by atoms with Gasteiger partial charge in [0.2, 0.25) is 0 Å². The zero-order valence-corrected chi connectivity index (χ0v) is 11.4. The zero-order valence-electron chi connectivity index (χ0n) is 11.4. The highest BCUT2D eigenvalue weighted by molar-refractivity contribution is 5.97. The van der Waals surface area contributed by atoms with Crippen molar-refractivity contribution < 1.29 is 19.2 Å². The molecule has 0 radical (unpaired) electrons. The maximum Gasteiger partial charge on any atom is 0.325 e. The van der Waals surface area contributed by atoms with Gasteiger partial charge in [-0.1, -0.05) is 0 Å². The molecule has 1 aromatic carbocycles. The van der Waals surface area contributed by atoms with Crippen LogP contribution in [-0.2, 0) is 9.53 Å². The standard InChI is InChI=1S/C13H15N3O5/c1-21-12(17)7-14-13(18)8-2-5-10(15-9-3-4-9)11(6-8)16(19)20/h2,5-6,9,15H,3-4,7H2,1H3,(H,14,18). The van der Waals surface area contributed by atoms with Crippen LogP contribution in [0.2, 0.25) is 0 Å². The third-order valence-electron chi connectivity index (χ3n) is 3.01. The van der Waals surface area contributed by atoms with E-state index in [2.05, 4.69) is 15.4 Å². The Morgan fingerprint density at radius 2 is 2.14 bits per heavy atom. The van der Waals surface area contributed by atoms with Crippen molar-refractivity contribution in [3.05, 3.63) is 33.9 Å². The smallest absolute Gasteiger partial charge is 0.325 e. The van der Waals surface area contributed by atoms with Gasteiger partial charge in [0.05, 0.1) is 12.0 Å². The number of ether oxygens (including phenoxy) is 1. The van der Waals surface area contributed by atoms with Crippen LogP contribution < -0.4 is 10.6 Å². The molecule has 8 heteroatoms. The second kappa shape index (κ2) is 6.21. The van der Waals surface area contributed by atoms with Crippen molar-refractivity contribution in [3.8, 4) is 0 Å². The van der Waals surface area contributed by atoms with Crippen LogP contribution in [0.25, 0.3) is 0 Å². The number of hydrogen-bond acceptors (Lipinski definition) is 6. The fourth-order valence-corrected chi connectivity index (χ4v) is 1.72. The summed E-state index contributed by atoms with van der Waals surface area (Å²) in [5.41, 5.74) is 0.353. The second-order valence-corrected chi connectivity index (χ2v) is 4.67. The first-order valence-corrected chi connectivity index (χ1v) is 6.41. The minimum Gasteiger partial charge on any atom is -0.468 e. The highest BCUT2D eigenvalue weighted by Gasteiger charge is 2.25. The molecule has 0 bridgehead atoms. The number of anilines is 1. The lowest BCUT2D eigenvalue weighted by Crippen LogP contribution is -2.30. The Hall–Kier alpha value is -2.64. The van der Waals surface area contributed by atoms with Crippen LogP contribution in [0.5, 0.6) is 0 Å². The topological polar surface area (TPSA) is 111 Å². The van der Waals surface area contributed by atoms with Gasteiger partial charge < -0.3 is 15.4 Å². The van der Waals surface area contributed by atoms with Crippen molar-refractivity contribution in [2.75, 3.05) is 19.0 Å². The molecule has 0 aliphatic heterocycles. The predicted octanol–water partition coefficient (Wildman–Crippen LogP) is 1.07. The summed E-state index contributed by atoms with van der Waals surface area (Å²) in [6.07, 6.45) is 1.97. The van der Waals surface area contributed by atoms with Gasteiger partial charge in [-0.2, -0.15) is 0 Å². The number of carbonyl (C=O) groups is 2. The molecule has 0 aromatic heterocycles. The first kappa shape index (κ1) is 14.8. The molecule has 1 aliphatic carbocycles. The van der Waals surface area contributed by atoms with Gasteiger partial charge in [-0.25, -0.2) is 0 Å². The Morgan fingerprint density at radius 3 is 2.71 bits per heavy atom. The lowest BCUT2D eigenvalue weighted by Gasteiger charge is -2.08. The van der Waals surface area contributed by atoms with Gasteiger partial charge in [0, 0.05) is 17.7 Å². The summed E-state index contributed by atoms with van der Waals surface area (Å²) in [6, 6.07) is 4.44. The number of amides is 1. The average molecular weight is 293 g/mol. The van der Waals surface area contributed by atoms with E-state index in [0.29, 0.717) is 5.69 Å². The van der Waals surface area contributed by atoms with Gasteiger partial charge in [-0.15, -0.1) is 0 Å². The third kappa shape index (κ3) is 3.91. The second-order valence-electron chi connectivity index (χ2n) is 4.67. The summed E-state index contributed by atoms with van der Waals surface area (Å²) in [6.45, 7) is -0.287. The number of nitro groups is 1. The van der Waals surface area contributed by atoms with E-state index in [9.17, 15) is 19.7 Å². The number of benzene rings is 1. The summed E-state index contributed by atoms with van der Waals surface area (Å²) in [5, 5.41) is 16.4. The number of esters is 1. The van der Waals surface area contributed by atoms with E-state index in [4.69, 9.17) is 0 Å². The molecule has 2 rings (SSSR count). The molecular weight excluding hydrogens is 278 g/mol. The number of rotatable bonds is 6. The van der Waals surface area contributed by atoms with E-state index in [1.165, 1.54) is 25.3 Å². The third-order valence-corrected chi connectivity index (χ3v) is 3.01. The highest BCUT2D eigenvalue weighted by atomic mass is 16.6. The normalized spacial score (nSPS) is 13.4. The Morgan fingerprint density at radius 1 is 1.43 bits per heavy atom. The summed E-state index contributed by atoms with van der Waals surface area (Å²) in [4.78, 5) is 33.3. The van der Waals surface area contributed by atoms with E-state index in [0.717, 1.165) is 12.8 Å². The molecule has 2 N–H and O–H groups in total. The van der Waals surface area contributed by atoms with Gasteiger partial charge in [0.25, 0.3) is 11.6 Å². The summed E-state index contributed by atoms with van der Waals surface area (Å²) < 4.78 is 4.40. The lowest BCUT2D eigenvalue weighted by atomic mass is 10.1. The average Bonchev–Trinajstić information content (AvgIpc) is 3.28. The number of methoxy groups -OCH3 is 1. The lowest BCUT2D eigenvalue weighted by molar-refractivity contribution is -0.384. The Bertz CT molecular complexity index is 583. The van der Waals surface area contributed by atoms with Crippen LogP contribution >= 0.6 is 0 Å². The van der Waals surface area contributed by atoms with Gasteiger partial charge >= 0.3 is 5.97 Å². The molecule has 1 aromatic rings. The predicted molar refractivity (Wildman–Crippen MR) is 74.1 cm³/mol. The molecule has 0 atom stereocenters. The molecule has 21 heavy (non-hydrogen) atoms. The van der Waals surface area contributed by atoms with E-state index >= 15 is 0 Å². The highest BCUT2D eigenvalue weighted by Crippen LogP contribution is 2.31. The summed E-state index contributed by atoms with van der Waals surface area (Å²) in [7, 11) is 1.21. The Kier molecular flexibility index (Phi) is 4.36. The molecular formula is C13H15N3O5. The van der Waals surface area contributed by atoms with Gasteiger partial charge in [0.1, 0.15) is 12.2 Å². The molecule has 8 nitrogen and oxygen atoms in total. The molecule has 1 aliphatic rings. The van der Waals surface area contributed by atoms with Crippen LogP contribution in [0, 0.1) is 10.1 Å². The van der Waals surface area contributed by atoms with E-state index in [-0.39, 0.29) is 23.8 Å². The molecule has 0 unspecified atom stereocenters. The van der Waals surface area contributed by atoms with Crippen LogP contribution in [0.4, 0.5) is 11.4 Å². The quantitative estimate of drug-likeness (QED) is 0.461. The van der Waals surface area contributed by atoms with Gasteiger partial charge in [0.15, 0.2) is 0 Å².